The Morgan fingerprint density at radius 3 is 2.83 bits per heavy atom. The predicted molar refractivity (Wildman–Crippen MR) is 96.9 cm³/mol. The van der Waals surface area contributed by atoms with E-state index >= 15 is 0 Å². The van der Waals surface area contributed by atoms with Crippen LogP contribution in [0.3, 0.4) is 0 Å². The molecule has 0 saturated carbocycles. The number of fused-ring (bicyclic) bond motifs is 5. The van der Waals surface area contributed by atoms with Gasteiger partial charge in [-0.3, -0.25) is 0 Å². The lowest BCUT2D eigenvalue weighted by Crippen LogP contribution is -2.32. The van der Waals surface area contributed by atoms with Gasteiger partial charge in [-0.15, -0.1) is 11.8 Å². The van der Waals surface area contributed by atoms with Crippen LogP contribution >= 0.6 is 11.8 Å². The Kier molecular flexibility index (Phi) is 3.95. The second-order valence-corrected chi connectivity index (χ2v) is 7.18. The molecule has 2 heterocycles. The summed E-state index contributed by atoms with van der Waals surface area (Å²) in [7, 11) is 2.22. The van der Waals surface area contributed by atoms with Gasteiger partial charge in [0.2, 0.25) is 0 Å². The van der Waals surface area contributed by atoms with E-state index < -0.39 is 0 Å². The summed E-state index contributed by atoms with van der Waals surface area (Å²) in [4.78, 5) is 6.27. The van der Waals surface area contributed by atoms with Gasteiger partial charge in [0.05, 0.1) is 11.7 Å². The number of hydrogen-bond acceptors (Lipinski definition) is 4. The number of nitrogens with zero attached hydrogens (tertiary/aromatic N) is 2. The van der Waals surface area contributed by atoms with Crippen LogP contribution in [-0.2, 0) is 0 Å². The SMILES string of the molecule is CSc1ccc2c(c1)C1CN(C)CCCN1c1ccccc1O2. The summed E-state index contributed by atoms with van der Waals surface area (Å²) in [6.45, 7) is 3.24. The van der Waals surface area contributed by atoms with Crippen LogP contribution in [0, 0.1) is 0 Å². The Labute approximate surface area is 142 Å². The number of ether oxygens (including phenoxy) is 1. The third kappa shape index (κ3) is 2.70. The molecule has 2 aliphatic rings. The number of benzene rings is 2. The fourth-order valence-electron chi connectivity index (χ4n) is 3.61. The average Bonchev–Trinajstić information content (AvgIpc) is 2.83. The quantitative estimate of drug-likeness (QED) is 0.722. The molecule has 3 nitrogen and oxygen atoms in total. The molecule has 1 fully saturated rings. The molecule has 0 bridgehead atoms. The van der Waals surface area contributed by atoms with Crippen molar-refractivity contribution in [3.8, 4) is 11.5 Å². The third-order valence-electron chi connectivity index (χ3n) is 4.77. The third-order valence-corrected chi connectivity index (χ3v) is 5.50. The predicted octanol–water partition coefficient (Wildman–Crippen LogP) is 4.40. The smallest absolute Gasteiger partial charge is 0.150 e. The van der Waals surface area contributed by atoms with Crippen molar-refractivity contribution in [2.75, 3.05) is 37.8 Å². The fourth-order valence-corrected chi connectivity index (χ4v) is 4.06. The van der Waals surface area contributed by atoms with Crippen LogP contribution < -0.4 is 9.64 Å². The largest absolute Gasteiger partial charge is 0.455 e. The van der Waals surface area contributed by atoms with Crippen molar-refractivity contribution in [1.29, 1.82) is 0 Å². The molecular weight excluding hydrogens is 304 g/mol. The molecule has 4 heteroatoms. The number of hydrogen-bond donors (Lipinski definition) is 0. The highest BCUT2D eigenvalue weighted by molar-refractivity contribution is 7.98. The van der Waals surface area contributed by atoms with Crippen molar-refractivity contribution in [1.82, 2.24) is 4.90 Å². The first-order chi connectivity index (χ1) is 11.3. The van der Waals surface area contributed by atoms with Crippen molar-refractivity contribution in [3.63, 3.8) is 0 Å². The number of anilines is 1. The molecule has 120 valence electrons. The lowest BCUT2D eigenvalue weighted by atomic mass is 10.0. The van der Waals surface area contributed by atoms with Gasteiger partial charge < -0.3 is 14.5 Å². The first-order valence-corrected chi connectivity index (χ1v) is 9.39. The fraction of sp³-hybridized carbons (Fsp3) is 0.368. The molecule has 2 aromatic rings. The Hall–Kier alpha value is -1.65. The molecule has 23 heavy (non-hydrogen) atoms. The molecule has 0 aliphatic carbocycles. The maximum absolute atomic E-state index is 6.30. The second-order valence-electron chi connectivity index (χ2n) is 6.30. The summed E-state index contributed by atoms with van der Waals surface area (Å²) >= 11 is 1.79. The molecular formula is C19H22N2OS. The maximum atomic E-state index is 6.30. The number of rotatable bonds is 1. The highest BCUT2D eigenvalue weighted by Gasteiger charge is 2.32. The standard InChI is InChI=1S/C19H22N2OS/c1-20-10-5-11-21-16-6-3-4-7-19(16)22-18-9-8-14(23-2)12-15(18)17(21)13-20/h3-4,6-9,12,17H,5,10-11,13H2,1-2H3. The van der Waals surface area contributed by atoms with Gasteiger partial charge >= 0.3 is 0 Å². The number of para-hydroxylation sites is 2. The molecule has 1 saturated heterocycles. The zero-order valence-electron chi connectivity index (χ0n) is 13.7. The van der Waals surface area contributed by atoms with Gasteiger partial charge in [-0.1, -0.05) is 12.1 Å². The van der Waals surface area contributed by atoms with Crippen molar-refractivity contribution in [2.45, 2.75) is 17.4 Å². The average molecular weight is 326 g/mol. The van der Waals surface area contributed by atoms with Gasteiger partial charge in [0.15, 0.2) is 5.75 Å². The van der Waals surface area contributed by atoms with E-state index in [1.54, 1.807) is 11.8 Å². The molecule has 0 N–H and O–H groups in total. The van der Waals surface area contributed by atoms with Gasteiger partial charge in [-0.05, 0) is 56.6 Å². The van der Waals surface area contributed by atoms with Crippen LogP contribution in [0.2, 0.25) is 0 Å². The van der Waals surface area contributed by atoms with E-state index in [1.165, 1.54) is 22.6 Å². The highest BCUT2D eigenvalue weighted by atomic mass is 32.2. The maximum Gasteiger partial charge on any atom is 0.150 e. The minimum Gasteiger partial charge on any atom is -0.455 e. The number of thioether (sulfide) groups is 1. The van der Waals surface area contributed by atoms with Crippen molar-refractivity contribution >= 4 is 17.4 Å². The molecule has 4 rings (SSSR count). The first kappa shape index (κ1) is 14.9. The highest BCUT2D eigenvalue weighted by Crippen LogP contribution is 2.45. The van der Waals surface area contributed by atoms with Crippen LogP contribution in [0.15, 0.2) is 47.4 Å². The van der Waals surface area contributed by atoms with Crippen LogP contribution in [-0.4, -0.2) is 37.8 Å². The van der Waals surface area contributed by atoms with Crippen molar-refractivity contribution in [3.05, 3.63) is 48.0 Å². The molecule has 1 atom stereocenters. The summed E-state index contributed by atoms with van der Waals surface area (Å²) < 4.78 is 6.30. The summed E-state index contributed by atoms with van der Waals surface area (Å²) in [5.74, 6) is 1.97. The van der Waals surface area contributed by atoms with E-state index in [0.717, 1.165) is 31.1 Å². The van der Waals surface area contributed by atoms with Crippen LogP contribution in [0.5, 0.6) is 11.5 Å². The molecule has 2 aromatic carbocycles. The van der Waals surface area contributed by atoms with E-state index in [9.17, 15) is 0 Å². The molecule has 0 aromatic heterocycles. The zero-order valence-corrected chi connectivity index (χ0v) is 14.5. The van der Waals surface area contributed by atoms with Gasteiger partial charge in [-0.25, -0.2) is 0 Å². The molecule has 0 radical (unpaired) electrons. The van der Waals surface area contributed by atoms with Crippen LogP contribution in [0.4, 0.5) is 5.69 Å². The van der Waals surface area contributed by atoms with Gasteiger partial charge in [0.1, 0.15) is 5.75 Å². The Balaban J connectivity index is 1.89. The molecule has 0 spiro atoms. The normalized spacial score (nSPS) is 20.6. The van der Waals surface area contributed by atoms with Crippen molar-refractivity contribution in [2.24, 2.45) is 0 Å². The number of likely N-dealkylation sites (N-methyl/N-ethyl adjacent to an activating group) is 1. The lowest BCUT2D eigenvalue weighted by Gasteiger charge is -2.32. The Bertz CT molecular complexity index is 718. The topological polar surface area (TPSA) is 15.7 Å². The summed E-state index contributed by atoms with van der Waals surface area (Å²) in [6.07, 6.45) is 3.31. The van der Waals surface area contributed by atoms with Crippen LogP contribution in [0.1, 0.15) is 18.0 Å². The second kappa shape index (κ2) is 6.10. The zero-order chi connectivity index (χ0) is 15.8. The lowest BCUT2D eigenvalue weighted by molar-refractivity contribution is 0.332. The molecule has 2 aliphatic heterocycles. The van der Waals surface area contributed by atoms with E-state index in [0.29, 0.717) is 6.04 Å². The Morgan fingerprint density at radius 2 is 1.96 bits per heavy atom. The van der Waals surface area contributed by atoms with E-state index in [-0.39, 0.29) is 0 Å². The summed E-state index contributed by atoms with van der Waals surface area (Å²) in [5, 5.41) is 0. The molecule has 1 unspecified atom stereocenters. The van der Waals surface area contributed by atoms with Crippen LogP contribution in [0.25, 0.3) is 0 Å². The van der Waals surface area contributed by atoms with Gasteiger partial charge in [0, 0.05) is 23.5 Å². The monoisotopic (exact) mass is 326 g/mol. The Morgan fingerprint density at radius 1 is 1.09 bits per heavy atom. The first-order valence-electron chi connectivity index (χ1n) is 8.16. The van der Waals surface area contributed by atoms with Crippen molar-refractivity contribution < 1.29 is 4.74 Å². The van der Waals surface area contributed by atoms with Gasteiger partial charge in [0.25, 0.3) is 0 Å². The minimum absolute atomic E-state index is 0.341. The van der Waals surface area contributed by atoms with E-state index in [2.05, 4.69) is 65.6 Å². The summed E-state index contributed by atoms with van der Waals surface area (Å²) in [5.41, 5.74) is 2.52. The minimum atomic E-state index is 0.341. The summed E-state index contributed by atoms with van der Waals surface area (Å²) in [6, 6.07) is 15.4. The van der Waals surface area contributed by atoms with E-state index in [1.807, 2.05) is 0 Å². The molecule has 0 amide bonds. The van der Waals surface area contributed by atoms with E-state index in [4.69, 9.17) is 4.74 Å². The van der Waals surface area contributed by atoms with Gasteiger partial charge in [-0.2, -0.15) is 0 Å².